The van der Waals surface area contributed by atoms with E-state index < -0.39 is 0 Å². The molecule has 3 heteroatoms. The minimum Gasteiger partial charge on any atom is -0.366 e. The normalized spacial score (nSPS) is 28.8. The molecule has 2 nitrogen and oxygen atoms in total. The van der Waals surface area contributed by atoms with Crippen molar-refractivity contribution in [2.75, 3.05) is 11.4 Å². The van der Waals surface area contributed by atoms with E-state index in [0.717, 1.165) is 23.7 Å². The monoisotopic (exact) mass is 234 g/mol. The summed E-state index contributed by atoms with van der Waals surface area (Å²) in [6.45, 7) is 2.91. The van der Waals surface area contributed by atoms with Crippen molar-refractivity contribution in [3.8, 4) is 0 Å². The van der Waals surface area contributed by atoms with E-state index in [9.17, 15) is 4.39 Å². The highest BCUT2D eigenvalue weighted by Gasteiger charge is 2.38. The van der Waals surface area contributed by atoms with Crippen molar-refractivity contribution >= 4 is 5.69 Å². The van der Waals surface area contributed by atoms with Crippen molar-refractivity contribution in [1.29, 1.82) is 0 Å². The summed E-state index contributed by atoms with van der Waals surface area (Å²) in [5, 5.41) is 0. The summed E-state index contributed by atoms with van der Waals surface area (Å²) in [6.07, 6.45) is 3.79. The average molecular weight is 234 g/mol. The number of hydrogen-bond donors (Lipinski definition) is 1. The van der Waals surface area contributed by atoms with Gasteiger partial charge in [0, 0.05) is 18.6 Å². The first-order valence-electron chi connectivity index (χ1n) is 6.47. The maximum Gasteiger partial charge on any atom is 0.146 e. The van der Waals surface area contributed by atoms with Gasteiger partial charge in [-0.05, 0) is 49.8 Å². The topological polar surface area (TPSA) is 29.3 Å². The molecule has 0 radical (unpaired) electrons. The molecule has 1 aromatic carbocycles. The molecule has 0 aromatic heterocycles. The Kier molecular flexibility index (Phi) is 2.58. The van der Waals surface area contributed by atoms with Crippen LogP contribution in [0.2, 0.25) is 0 Å². The van der Waals surface area contributed by atoms with Gasteiger partial charge in [-0.2, -0.15) is 0 Å². The fourth-order valence-corrected chi connectivity index (χ4v) is 3.26. The van der Waals surface area contributed by atoms with Crippen LogP contribution in [0, 0.1) is 11.7 Å². The average Bonchev–Trinajstić information content (AvgIpc) is 2.90. The Morgan fingerprint density at radius 3 is 2.76 bits per heavy atom. The molecule has 17 heavy (non-hydrogen) atoms. The van der Waals surface area contributed by atoms with Crippen LogP contribution in [-0.2, 0) is 0 Å². The van der Waals surface area contributed by atoms with Crippen LogP contribution in [0.1, 0.15) is 37.8 Å². The van der Waals surface area contributed by atoms with E-state index in [1.807, 2.05) is 19.1 Å². The van der Waals surface area contributed by atoms with Gasteiger partial charge in [0.25, 0.3) is 0 Å². The molecule has 1 aliphatic carbocycles. The highest BCUT2D eigenvalue weighted by atomic mass is 19.1. The molecule has 3 rings (SSSR count). The summed E-state index contributed by atoms with van der Waals surface area (Å²) >= 11 is 0. The number of halogens is 1. The summed E-state index contributed by atoms with van der Waals surface area (Å²) in [5.41, 5.74) is 7.40. The van der Waals surface area contributed by atoms with Crippen LogP contribution in [-0.4, -0.2) is 12.6 Å². The van der Waals surface area contributed by atoms with Gasteiger partial charge in [0.15, 0.2) is 0 Å². The van der Waals surface area contributed by atoms with Crippen LogP contribution in [0.5, 0.6) is 0 Å². The summed E-state index contributed by atoms with van der Waals surface area (Å²) in [6, 6.07) is 5.90. The Balaban J connectivity index is 1.89. The molecule has 3 atom stereocenters. The Bertz CT molecular complexity index is 430. The van der Waals surface area contributed by atoms with Crippen molar-refractivity contribution in [3.05, 3.63) is 29.6 Å². The summed E-state index contributed by atoms with van der Waals surface area (Å²) in [4.78, 5) is 2.24. The number of hydrogen-bond acceptors (Lipinski definition) is 2. The smallest absolute Gasteiger partial charge is 0.146 e. The molecule has 2 N–H and O–H groups in total. The van der Waals surface area contributed by atoms with E-state index in [4.69, 9.17) is 5.73 Å². The second-order valence-corrected chi connectivity index (χ2v) is 5.48. The molecule has 1 aromatic rings. The van der Waals surface area contributed by atoms with Gasteiger partial charge >= 0.3 is 0 Å². The van der Waals surface area contributed by atoms with Gasteiger partial charge < -0.3 is 10.6 Å². The first-order valence-corrected chi connectivity index (χ1v) is 6.47. The lowest BCUT2D eigenvalue weighted by Gasteiger charge is -2.29. The van der Waals surface area contributed by atoms with Gasteiger partial charge in [0.1, 0.15) is 5.82 Å². The molecule has 2 unspecified atom stereocenters. The zero-order valence-electron chi connectivity index (χ0n) is 10.2. The van der Waals surface area contributed by atoms with Gasteiger partial charge in [-0.25, -0.2) is 4.39 Å². The second kappa shape index (κ2) is 3.98. The fraction of sp³-hybridized carbons (Fsp3) is 0.571. The number of nitrogens with two attached hydrogens (primary N) is 1. The number of rotatable bonds is 2. The molecule has 1 saturated carbocycles. The lowest BCUT2D eigenvalue weighted by molar-refractivity contribution is 0.539. The summed E-state index contributed by atoms with van der Waals surface area (Å²) in [5.74, 6) is 0.667. The van der Waals surface area contributed by atoms with Crippen molar-refractivity contribution in [1.82, 2.24) is 0 Å². The molecule has 1 saturated heterocycles. The third-order valence-corrected chi connectivity index (χ3v) is 4.22. The van der Waals surface area contributed by atoms with Crippen LogP contribution >= 0.6 is 0 Å². The minimum atomic E-state index is -0.118. The highest BCUT2D eigenvalue weighted by molar-refractivity contribution is 5.52. The molecule has 92 valence electrons. The predicted octanol–water partition coefficient (Wildman–Crippen LogP) is 2.83. The SMILES string of the molecule is C[C@H](N)c1ccc(N2CC3CCC2C3)c(F)c1. The third kappa shape index (κ3) is 1.82. The molecule has 0 spiro atoms. The van der Waals surface area contributed by atoms with Crippen LogP contribution in [0.15, 0.2) is 18.2 Å². The highest BCUT2D eigenvalue weighted by Crippen LogP contribution is 2.41. The largest absolute Gasteiger partial charge is 0.366 e. The number of nitrogens with zero attached hydrogens (tertiary/aromatic N) is 1. The van der Waals surface area contributed by atoms with Gasteiger partial charge in [-0.15, -0.1) is 0 Å². The molecule has 2 fully saturated rings. The fourth-order valence-electron chi connectivity index (χ4n) is 3.26. The maximum absolute atomic E-state index is 14.1. The van der Waals surface area contributed by atoms with E-state index in [0.29, 0.717) is 6.04 Å². The molecular weight excluding hydrogens is 215 g/mol. The van der Waals surface area contributed by atoms with Gasteiger partial charge in [0.05, 0.1) is 5.69 Å². The Hall–Kier alpha value is -1.09. The number of benzene rings is 1. The van der Waals surface area contributed by atoms with Crippen molar-refractivity contribution in [2.24, 2.45) is 11.7 Å². The molecule has 2 aliphatic rings. The second-order valence-electron chi connectivity index (χ2n) is 5.48. The van der Waals surface area contributed by atoms with Gasteiger partial charge in [0.2, 0.25) is 0 Å². The maximum atomic E-state index is 14.1. The summed E-state index contributed by atoms with van der Waals surface area (Å²) < 4.78 is 14.1. The Labute approximate surface area is 102 Å². The molecular formula is C14H19FN2. The van der Waals surface area contributed by atoms with Crippen LogP contribution in [0.3, 0.4) is 0 Å². The third-order valence-electron chi connectivity index (χ3n) is 4.22. The zero-order valence-corrected chi connectivity index (χ0v) is 10.2. The Morgan fingerprint density at radius 2 is 2.24 bits per heavy atom. The van der Waals surface area contributed by atoms with Crippen LogP contribution in [0.4, 0.5) is 10.1 Å². The lowest BCUT2D eigenvalue weighted by atomic mass is 10.1. The number of piperidine rings is 1. The first-order chi connectivity index (χ1) is 8.15. The van der Waals surface area contributed by atoms with Crippen LogP contribution < -0.4 is 10.6 Å². The molecule has 1 heterocycles. The van der Waals surface area contributed by atoms with Gasteiger partial charge in [-0.3, -0.25) is 0 Å². The van der Waals surface area contributed by atoms with E-state index in [2.05, 4.69) is 4.90 Å². The minimum absolute atomic E-state index is 0.103. The molecule has 1 aliphatic heterocycles. The standard InChI is InChI=1S/C14H19FN2/c1-9(16)11-3-5-14(13(15)7-11)17-8-10-2-4-12(17)6-10/h3,5,7,9-10,12H,2,4,6,8,16H2,1H3/t9-,10?,12?/m0/s1. The van der Waals surface area contributed by atoms with Gasteiger partial charge in [-0.1, -0.05) is 6.07 Å². The number of anilines is 1. The van der Waals surface area contributed by atoms with E-state index in [1.165, 1.54) is 19.3 Å². The predicted molar refractivity (Wildman–Crippen MR) is 67.5 cm³/mol. The Morgan fingerprint density at radius 1 is 1.41 bits per heavy atom. The van der Waals surface area contributed by atoms with E-state index >= 15 is 0 Å². The quantitative estimate of drug-likeness (QED) is 0.852. The molecule has 2 bridgehead atoms. The van der Waals surface area contributed by atoms with E-state index in [1.54, 1.807) is 6.07 Å². The lowest BCUT2D eigenvalue weighted by Crippen LogP contribution is -2.32. The van der Waals surface area contributed by atoms with E-state index in [-0.39, 0.29) is 11.9 Å². The van der Waals surface area contributed by atoms with Crippen molar-refractivity contribution in [2.45, 2.75) is 38.3 Å². The summed E-state index contributed by atoms with van der Waals surface area (Å²) in [7, 11) is 0. The van der Waals surface area contributed by atoms with Crippen molar-refractivity contribution < 1.29 is 4.39 Å². The van der Waals surface area contributed by atoms with Crippen LogP contribution in [0.25, 0.3) is 0 Å². The number of fused-ring (bicyclic) bond motifs is 2. The first kappa shape index (κ1) is 11.0. The zero-order chi connectivity index (χ0) is 12.0. The molecule has 0 amide bonds. The van der Waals surface area contributed by atoms with Crippen molar-refractivity contribution in [3.63, 3.8) is 0 Å².